The number of amides is 2. The molecule has 0 radical (unpaired) electrons. The van der Waals surface area contributed by atoms with E-state index in [0.29, 0.717) is 29.4 Å². The second kappa shape index (κ2) is 8.23. The molecule has 1 fully saturated rings. The monoisotopic (exact) mass is 422 g/mol. The number of hydrogen-bond acceptors (Lipinski definition) is 6. The highest BCUT2D eigenvalue weighted by atomic mass is 32.1. The Morgan fingerprint density at radius 1 is 1.13 bits per heavy atom. The van der Waals surface area contributed by atoms with Gasteiger partial charge in [0.25, 0.3) is 5.91 Å². The second-order valence-corrected chi connectivity index (χ2v) is 8.39. The number of benzene rings is 2. The van der Waals surface area contributed by atoms with Gasteiger partial charge in [-0.3, -0.25) is 14.9 Å². The van der Waals surface area contributed by atoms with Crippen LogP contribution in [0.4, 0.5) is 10.8 Å². The lowest BCUT2D eigenvalue weighted by atomic mass is 10.1. The van der Waals surface area contributed by atoms with Crippen LogP contribution in [0, 0.1) is 13.8 Å². The molecule has 8 heteroatoms. The first-order valence-electron chi connectivity index (χ1n) is 9.60. The lowest BCUT2D eigenvalue weighted by Gasteiger charge is -2.17. The summed E-state index contributed by atoms with van der Waals surface area (Å²) in [5.74, 6) is 0.454. The maximum Gasteiger partial charge on any atom is 0.257 e. The normalized spacial score (nSPS) is 16.0. The molecule has 1 aliphatic rings. The molecule has 2 heterocycles. The molecule has 0 bridgehead atoms. The maximum absolute atomic E-state index is 12.6. The maximum atomic E-state index is 12.6. The molecule has 154 valence electrons. The van der Waals surface area contributed by atoms with Gasteiger partial charge < -0.3 is 9.64 Å². The predicted octanol–water partition coefficient (Wildman–Crippen LogP) is 3.94. The van der Waals surface area contributed by atoms with E-state index in [1.165, 1.54) is 11.3 Å². The van der Waals surface area contributed by atoms with Crippen LogP contribution in [0.15, 0.2) is 42.5 Å². The van der Waals surface area contributed by atoms with Gasteiger partial charge in [0.05, 0.1) is 7.11 Å². The Hall–Kier alpha value is -3.26. The van der Waals surface area contributed by atoms with E-state index in [0.717, 1.165) is 21.8 Å². The average molecular weight is 423 g/mol. The molecule has 2 amide bonds. The number of aromatic nitrogens is 2. The molecular formula is C22H22N4O3S. The molecule has 1 saturated heterocycles. The smallest absolute Gasteiger partial charge is 0.257 e. The summed E-state index contributed by atoms with van der Waals surface area (Å²) in [6.07, 6.45) is 0.383. The van der Waals surface area contributed by atoms with Crippen LogP contribution in [0.3, 0.4) is 0 Å². The van der Waals surface area contributed by atoms with E-state index in [1.807, 2.05) is 30.9 Å². The quantitative estimate of drug-likeness (QED) is 0.673. The Bertz CT molecular complexity index is 1070. The van der Waals surface area contributed by atoms with Crippen molar-refractivity contribution in [1.82, 2.24) is 10.2 Å². The van der Waals surface area contributed by atoms with Crippen molar-refractivity contribution in [3.8, 4) is 5.75 Å². The van der Waals surface area contributed by atoms with Crippen LogP contribution in [0.2, 0.25) is 0 Å². The van der Waals surface area contributed by atoms with Crippen molar-refractivity contribution in [3.05, 3.63) is 64.2 Å². The van der Waals surface area contributed by atoms with E-state index in [9.17, 15) is 9.59 Å². The molecule has 0 spiro atoms. The van der Waals surface area contributed by atoms with Crippen LogP contribution in [-0.4, -0.2) is 35.7 Å². The fourth-order valence-corrected chi connectivity index (χ4v) is 4.42. The molecule has 4 rings (SSSR count). The van der Waals surface area contributed by atoms with E-state index in [1.54, 1.807) is 31.4 Å². The Balaban J connectivity index is 1.44. The first kappa shape index (κ1) is 20.0. The summed E-state index contributed by atoms with van der Waals surface area (Å²) >= 11 is 1.31. The zero-order valence-electron chi connectivity index (χ0n) is 17.0. The number of carbonyl (C=O) groups excluding carboxylic acids is 2. The standard InChI is InChI=1S/C22H22N4O3S/c1-13-8-14(2)10-17(9-13)26-12-16(11-19(26)27)21-24-25-22(30-21)23-20(28)15-4-6-18(29-3)7-5-15/h4-10,16H,11-12H2,1-3H3,(H,23,25,28). The topological polar surface area (TPSA) is 84.4 Å². The molecule has 0 saturated carbocycles. The largest absolute Gasteiger partial charge is 0.497 e. The third-order valence-electron chi connectivity index (χ3n) is 5.01. The molecule has 0 aliphatic carbocycles. The highest BCUT2D eigenvalue weighted by Gasteiger charge is 2.34. The Labute approximate surface area is 178 Å². The van der Waals surface area contributed by atoms with Gasteiger partial charge in [-0.15, -0.1) is 10.2 Å². The summed E-state index contributed by atoms with van der Waals surface area (Å²) in [6.45, 7) is 4.61. The molecule has 1 atom stereocenters. The van der Waals surface area contributed by atoms with Gasteiger partial charge in [-0.1, -0.05) is 17.4 Å². The minimum absolute atomic E-state index is 0.0394. The second-order valence-electron chi connectivity index (χ2n) is 7.38. The van der Waals surface area contributed by atoms with Gasteiger partial charge in [-0.2, -0.15) is 0 Å². The van der Waals surface area contributed by atoms with Crippen molar-refractivity contribution in [1.29, 1.82) is 0 Å². The summed E-state index contributed by atoms with van der Waals surface area (Å²) in [5.41, 5.74) is 3.67. The summed E-state index contributed by atoms with van der Waals surface area (Å²) in [6, 6.07) is 13.0. The van der Waals surface area contributed by atoms with Crippen LogP contribution in [-0.2, 0) is 4.79 Å². The molecule has 1 unspecified atom stereocenters. The fourth-order valence-electron chi connectivity index (χ4n) is 3.59. The molecule has 1 N–H and O–H groups in total. The van der Waals surface area contributed by atoms with Crippen molar-refractivity contribution in [2.75, 3.05) is 23.9 Å². The number of nitrogens with zero attached hydrogens (tertiary/aromatic N) is 3. The lowest BCUT2D eigenvalue weighted by Crippen LogP contribution is -2.24. The van der Waals surface area contributed by atoms with E-state index >= 15 is 0 Å². The number of ether oxygens (including phenoxy) is 1. The Morgan fingerprint density at radius 2 is 1.83 bits per heavy atom. The number of anilines is 2. The minimum atomic E-state index is -0.264. The van der Waals surface area contributed by atoms with Crippen LogP contribution in [0.5, 0.6) is 5.75 Å². The zero-order valence-corrected chi connectivity index (χ0v) is 17.8. The van der Waals surface area contributed by atoms with Gasteiger partial charge in [-0.25, -0.2) is 0 Å². The van der Waals surface area contributed by atoms with Gasteiger partial charge in [0.15, 0.2) is 0 Å². The van der Waals surface area contributed by atoms with E-state index < -0.39 is 0 Å². The van der Waals surface area contributed by atoms with Crippen molar-refractivity contribution < 1.29 is 14.3 Å². The highest BCUT2D eigenvalue weighted by molar-refractivity contribution is 7.15. The number of methoxy groups -OCH3 is 1. The van der Waals surface area contributed by atoms with E-state index in [2.05, 4.69) is 21.6 Å². The molecule has 1 aliphatic heterocycles. The fraction of sp³-hybridized carbons (Fsp3) is 0.273. The molecule has 30 heavy (non-hydrogen) atoms. The molecule has 2 aromatic carbocycles. The van der Waals surface area contributed by atoms with Crippen LogP contribution >= 0.6 is 11.3 Å². The Kier molecular flexibility index (Phi) is 5.50. The number of aryl methyl sites for hydroxylation is 2. The van der Waals surface area contributed by atoms with Gasteiger partial charge in [0, 0.05) is 30.1 Å². The molecule has 3 aromatic rings. The average Bonchev–Trinajstić information content (AvgIpc) is 3.33. The summed E-state index contributed by atoms with van der Waals surface area (Å²) in [5, 5.41) is 12.3. The van der Waals surface area contributed by atoms with Crippen LogP contribution in [0.25, 0.3) is 0 Å². The SMILES string of the molecule is COc1ccc(C(=O)Nc2nnc(C3CC(=O)N(c4cc(C)cc(C)c4)C3)s2)cc1. The van der Waals surface area contributed by atoms with Gasteiger partial charge in [0.1, 0.15) is 10.8 Å². The Morgan fingerprint density at radius 3 is 2.50 bits per heavy atom. The first-order chi connectivity index (χ1) is 14.4. The van der Waals surface area contributed by atoms with E-state index in [-0.39, 0.29) is 17.7 Å². The number of carbonyl (C=O) groups is 2. The summed E-state index contributed by atoms with van der Waals surface area (Å²) in [7, 11) is 1.58. The minimum Gasteiger partial charge on any atom is -0.497 e. The van der Waals surface area contributed by atoms with Gasteiger partial charge in [-0.05, 0) is 61.4 Å². The summed E-state index contributed by atoms with van der Waals surface area (Å²) in [4.78, 5) is 26.8. The molecule has 1 aromatic heterocycles. The first-order valence-corrected chi connectivity index (χ1v) is 10.4. The van der Waals surface area contributed by atoms with Crippen molar-refractivity contribution in [2.45, 2.75) is 26.2 Å². The molecule has 7 nitrogen and oxygen atoms in total. The summed E-state index contributed by atoms with van der Waals surface area (Å²) < 4.78 is 5.11. The van der Waals surface area contributed by atoms with Crippen molar-refractivity contribution in [2.24, 2.45) is 0 Å². The zero-order chi connectivity index (χ0) is 21.3. The predicted molar refractivity (Wildman–Crippen MR) is 116 cm³/mol. The van der Waals surface area contributed by atoms with Gasteiger partial charge >= 0.3 is 0 Å². The lowest BCUT2D eigenvalue weighted by molar-refractivity contribution is -0.117. The number of nitrogens with one attached hydrogen (secondary N) is 1. The van der Waals surface area contributed by atoms with Crippen molar-refractivity contribution in [3.63, 3.8) is 0 Å². The van der Waals surface area contributed by atoms with Crippen molar-refractivity contribution >= 4 is 34.0 Å². The van der Waals surface area contributed by atoms with Crippen LogP contribution < -0.4 is 15.0 Å². The van der Waals surface area contributed by atoms with Gasteiger partial charge in [0.2, 0.25) is 11.0 Å². The highest BCUT2D eigenvalue weighted by Crippen LogP contribution is 2.35. The van der Waals surface area contributed by atoms with E-state index in [4.69, 9.17) is 4.74 Å². The number of hydrogen-bond donors (Lipinski definition) is 1. The van der Waals surface area contributed by atoms with Crippen LogP contribution in [0.1, 0.15) is 38.8 Å². The third-order valence-corrected chi connectivity index (χ3v) is 6.01. The third kappa shape index (κ3) is 4.18. The molecular weight excluding hydrogens is 400 g/mol. The number of rotatable bonds is 5.